The third kappa shape index (κ3) is 2.61. The standard InChI is InChI=1S/C13H23NO/c1-10(2)13(3,4)12(14-15)11-8-6-5-7-9-11/h11,15H,1,5-9H2,2-4H3. The van der Waals surface area contributed by atoms with Crippen LogP contribution in [0.5, 0.6) is 0 Å². The topological polar surface area (TPSA) is 32.6 Å². The van der Waals surface area contributed by atoms with E-state index in [0.29, 0.717) is 5.92 Å². The summed E-state index contributed by atoms with van der Waals surface area (Å²) in [5, 5.41) is 12.8. The molecule has 0 bridgehead atoms. The van der Waals surface area contributed by atoms with Crippen molar-refractivity contribution in [2.24, 2.45) is 16.5 Å². The molecule has 1 fully saturated rings. The molecule has 0 amide bonds. The molecule has 2 heteroatoms. The van der Waals surface area contributed by atoms with Crippen molar-refractivity contribution in [1.29, 1.82) is 0 Å². The molecule has 0 aliphatic heterocycles. The highest BCUT2D eigenvalue weighted by Gasteiger charge is 2.33. The van der Waals surface area contributed by atoms with Crippen LogP contribution in [0.4, 0.5) is 0 Å². The van der Waals surface area contributed by atoms with Crippen LogP contribution >= 0.6 is 0 Å². The largest absolute Gasteiger partial charge is 0.411 e. The molecule has 1 N–H and O–H groups in total. The van der Waals surface area contributed by atoms with Gasteiger partial charge in [0.25, 0.3) is 0 Å². The number of hydrogen-bond donors (Lipinski definition) is 1. The van der Waals surface area contributed by atoms with Gasteiger partial charge in [0.05, 0.1) is 5.71 Å². The molecule has 0 aromatic carbocycles. The first-order valence-corrected chi connectivity index (χ1v) is 5.88. The van der Waals surface area contributed by atoms with E-state index in [2.05, 4.69) is 25.6 Å². The van der Waals surface area contributed by atoms with Gasteiger partial charge in [0.2, 0.25) is 0 Å². The summed E-state index contributed by atoms with van der Waals surface area (Å²) in [4.78, 5) is 0. The van der Waals surface area contributed by atoms with E-state index in [9.17, 15) is 5.21 Å². The summed E-state index contributed by atoms with van der Waals surface area (Å²) >= 11 is 0. The van der Waals surface area contributed by atoms with Gasteiger partial charge in [0, 0.05) is 11.3 Å². The Kier molecular flexibility index (Phi) is 3.95. The summed E-state index contributed by atoms with van der Waals surface area (Å²) in [6.45, 7) is 10.2. The highest BCUT2D eigenvalue weighted by Crippen LogP contribution is 2.36. The molecular weight excluding hydrogens is 186 g/mol. The summed E-state index contributed by atoms with van der Waals surface area (Å²) in [6.07, 6.45) is 6.17. The molecule has 1 aliphatic rings. The zero-order chi connectivity index (χ0) is 11.5. The Bertz CT molecular complexity index is 260. The second-order valence-electron chi connectivity index (χ2n) is 5.23. The normalized spacial score (nSPS) is 20.3. The molecule has 0 spiro atoms. The van der Waals surface area contributed by atoms with Crippen molar-refractivity contribution in [2.75, 3.05) is 0 Å². The Morgan fingerprint density at radius 2 is 1.80 bits per heavy atom. The van der Waals surface area contributed by atoms with E-state index in [1.807, 2.05) is 6.92 Å². The molecular formula is C13H23NO. The summed E-state index contributed by atoms with van der Waals surface area (Å²) < 4.78 is 0. The fourth-order valence-corrected chi connectivity index (χ4v) is 2.31. The molecule has 0 radical (unpaired) electrons. The number of allylic oxidation sites excluding steroid dienone is 1. The van der Waals surface area contributed by atoms with E-state index in [-0.39, 0.29) is 5.41 Å². The van der Waals surface area contributed by atoms with E-state index in [1.165, 1.54) is 19.3 Å². The average Bonchev–Trinajstić information content (AvgIpc) is 2.19. The molecule has 2 nitrogen and oxygen atoms in total. The lowest BCUT2D eigenvalue weighted by Crippen LogP contribution is -2.33. The minimum Gasteiger partial charge on any atom is -0.411 e. The van der Waals surface area contributed by atoms with Crippen LogP contribution in [0.25, 0.3) is 0 Å². The van der Waals surface area contributed by atoms with Crippen LogP contribution in [-0.4, -0.2) is 10.9 Å². The van der Waals surface area contributed by atoms with Gasteiger partial charge >= 0.3 is 0 Å². The Morgan fingerprint density at radius 1 is 1.27 bits per heavy atom. The van der Waals surface area contributed by atoms with Gasteiger partial charge in [0.15, 0.2) is 0 Å². The van der Waals surface area contributed by atoms with Crippen LogP contribution < -0.4 is 0 Å². The maximum Gasteiger partial charge on any atom is 0.0697 e. The number of rotatable bonds is 3. The van der Waals surface area contributed by atoms with Crippen molar-refractivity contribution in [3.63, 3.8) is 0 Å². The van der Waals surface area contributed by atoms with Crippen LogP contribution in [0.3, 0.4) is 0 Å². The van der Waals surface area contributed by atoms with Crippen LogP contribution in [-0.2, 0) is 0 Å². The first kappa shape index (κ1) is 12.3. The fourth-order valence-electron chi connectivity index (χ4n) is 2.31. The Morgan fingerprint density at radius 3 is 2.20 bits per heavy atom. The number of nitrogens with zero attached hydrogens (tertiary/aromatic N) is 1. The first-order valence-electron chi connectivity index (χ1n) is 5.88. The SMILES string of the molecule is C=C(C)C(C)(C)C(=NO)C1CCCCC1. The molecule has 15 heavy (non-hydrogen) atoms. The maximum absolute atomic E-state index is 9.21. The lowest BCUT2D eigenvalue weighted by molar-refractivity contribution is 0.298. The highest BCUT2D eigenvalue weighted by molar-refractivity contribution is 5.93. The third-order valence-electron chi connectivity index (χ3n) is 3.81. The van der Waals surface area contributed by atoms with E-state index < -0.39 is 0 Å². The van der Waals surface area contributed by atoms with Gasteiger partial charge in [-0.15, -0.1) is 0 Å². The van der Waals surface area contributed by atoms with Gasteiger partial charge in [-0.3, -0.25) is 0 Å². The van der Waals surface area contributed by atoms with E-state index in [0.717, 1.165) is 24.1 Å². The van der Waals surface area contributed by atoms with Crippen molar-refractivity contribution >= 4 is 5.71 Å². The lowest BCUT2D eigenvalue weighted by atomic mass is 9.71. The van der Waals surface area contributed by atoms with Gasteiger partial charge in [-0.05, 0) is 19.8 Å². The Balaban J connectivity index is 2.83. The van der Waals surface area contributed by atoms with Crippen LogP contribution in [0.15, 0.2) is 17.3 Å². The minimum absolute atomic E-state index is 0.170. The van der Waals surface area contributed by atoms with Gasteiger partial charge in [-0.2, -0.15) is 0 Å². The van der Waals surface area contributed by atoms with Crippen LogP contribution in [0.2, 0.25) is 0 Å². The van der Waals surface area contributed by atoms with Crippen molar-refractivity contribution in [1.82, 2.24) is 0 Å². The quantitative estimate of drug-likeness (QED) is 0.324. The van der Waals surface area contributed by atoms with Gasteiger partial charge in [-0.1, -0.05) is 50.4 Å². The third-order valence-corrected chi connectivity index (χ3v) is 3.81. The molecule has 1 saturated carbocycles. The van der Waals surface area contributed by atoms with Crippen LogP contribution in [0.1, 0.15) is 52.9 Å². The zero-order valence-corrected chi connectivity index (χ0v) is 10.2. The van der Waals surface area contributed by atoms with Crippen LogP contribution in [0, 0.1) is 11.3 Å². The van der Waals surface area contributed by atoms with Gasteiger partial charge in [-0.25, -0.2) is 0 Å². The molecule has 0 heterocycles. The smallest absolute Gasteiger partial charge is 0.0697 e. The fraction of sp³-hybridized carbons (Fsp3) is 0.769. The molecule has 0 aromatic rings. The maximum atomic E-state index is 9.21. The molecule has 0 aromatic heterocycles. The predicted molar refractivity (Wildman–Crippen MR) is 64.4 cm³/mol. The Labute approximate surface area is 93.1 Å². The second kappa shape index (κ2) is 4.82. The highest BCUT2D eigenvalue weighted by atomic mass is 16.4. The van der Waals surface area contributed by atoms with Crippen molar-refractivity contribution in [3.05, 3.63) is 12.2 Å². The summed E-state index contributed by atoms with van der Waals surface area (Å²) in [5.74, 6) is 0.454. The molecule has 0 unspecified atom stereocenters. The van der Waals surface area contributed by atoms with Crippen molar-refractivity contribution in [3.8, 4) is 0 Å². The summed E-state index contributed by atoms with van der Waals surface area (Å²) in [7, 11) is 0. The minimum atomic E-state index is -0.170. The lowest BCUT2D eigenvalue weighted by Gasteiger charge is -2.33. The number of hydrogen-bond acceptors (Lipinski definition) is 2. The molecule has 0 atom stereocenters. The second-order valence-corrected chi connectivity index (χ2v) is 5.23. The van der Waals surface area contributed by atoms with Crippen molar-refractivity contribution in [2.45, 2.75) is 52.9 Å². The van der Waals surface area contributed by atoms with Gasteiger partial charge in [0.1, 0.15) is 0 Å². The summed E-state index contributed by atoms with van der Waals surface area (Å²) in [5.41, 5.74) is 1.83. The van der Waals surface area contributed by atoms with E-state index in [1.54, 1.807) is 0 Å². The number of oxime groups is 1. The monoisotopic (exact) mass is 209 g/mol. The van der Waals surface area contributed by atoms with E-state index in [4.69, 9.17) is 0 Å². The predicted octanol–water partition coefficient (Wildman–Crippen LogP) is 4.00. The zero-order valence-electron chi connectivity index (χ0n) is 10.2. The average molecular weight is 209 g/mol. The first-order chi connectivity index (χ1) is 7.00. The van der Waals surface area contributed by atoms with E-state index >= 15 is 0 Å². The molecule has 1 rings (SSSR count). The Hall–Kier alpha value is -0.790. The summed E-state index contributed by atoms with van der Waals surface area (Å²) in [6, 6.07) is 0. The molecule has 86 valence electrons. The molecule has 1 aliphatic carbocycles. The van der Waals surface area contributed by atoms with Crippen molar-refractivity contribution < 1.29 is 5.21 Å². The molecule has 0 saturated heterocycles. The van der Waals surface area contributed by atoms with Gasteiger partial charge < -0.3 is 5.21 Å².